The van der Waals surface area contributed by atoms with Gasteiger partial charge < -0.3 is 43.1 Å². The lowest BCUT2D eigenvalue weighted by atomic mass is 9.88. The van der Waals surface area contributed by atoms with Crippen molar-refractivity contribution in [2.75, 3.05) is 53.4 Å². The van der Waals surface area contributed by atoms with Crippen LogP contribution in [0.1, 0.15) is 263 Å². The smallest absolute Gasteiger partial charge is 0.308 e. The monoisotopic (exact) mass is 1360 g/mol. The van der Waals surface area contributed by atoms with E-state index in [4.69, 9.17) is 28.4 Å². The summed E-state index contributed by atoms with van der Waals surface area (Å²) in [5, 5.41) is 0. The maximum absolute atomic E-state index is 12.6. The van der Waals surface area contributed by atoms with Crippen molar-refractivity contribution in [1.29, 1.82) is 0 Å². The van der Waals surface area contributed by atoms with Gasteiger partial charge in [-0.25, -0.2) is 0 Å². The lowest BCUT2D eigenvalue weighted by Gasteiger charge is -2.42. The molecule has 0 radical (unpaired) electrons. The van der Waals surface area contributed by atoms with Crippen LogP contribution in [0.15, 0.2) is 91.0 Å². The number of unbranched alkanes of at least 4 members (excludes halogenated alkanes) is 9. The number of ether oxygens (including phenoxy) is 6. The Bertz CT molecular complexity index is 2340. The van der Waals surface area contributed by atoms with Gasteiger partial charge in [-0.2, -0.15) is 0 Å². The molecule has 3 amide bonds. The molecule has 5 rings (SSSR count). The molecule has 3 aromatic carbocycles. The average Bonchev–Trinajstić information content (AvgIpc) is 0.838. The van der Waals surface area contributed by atoms with Crippen LogP contribution in [-0.4, -0.2) is 128 Å². The van der Waals surface area contributed by atoms with Gasteiger partial charge in [-0.15, -0.1) is 0 Å². The van der Waals surface area contributed by atoms with Gasteiger partial charge >= 0.3 is 17.9 Å². The molecule has 2 fully saturated rings. The molecular formula is C82H139N3O12. The minimum absolute atomic E-state index is 0.00752. The van der Waals surface area contributed by atoms with E-state index in [1.54, 1.807) is 21.0 Å². The molecule has 0 N–H and O–H groups in total. The lowest BCUT2D eigenvalue weighted by molar-refractivity contribution is -0.149. The van der Waals surface area contributed by atoms with Gasteiger partial charge in [0.25, 0.3) is 0 Å². The first-order valence-electron chi connectivity index (χ1n) is 37.5. The Morgan fingerprint density at radius 1 is 0.371 bits per heavy atom. The Labute approximate surface area is 591 Å². The van der Waals surface area contributed by atoms with Crippen LogP contribution in [0.4, 0.5) is 0 Å². The molecule has 0 aliphatic heterocycles. The van der Waals surface area contributed by atoms with Gasteiger partial charge in [0.15, 0.2) is 0 Å². The molecule has 0 aromatic heterocycles. The summed E-state index contributed by atoms with van der Waals surface area (Å²) in [6.07, 6.45) is 26.1. The first-order valence-corrected chi connectivity index (χ1v) is 37.5. The fourth-order valence-electron chi connectivity index (χ4n) is 10.9. The summed E-state index contributed by atoms with van der Waals surface area (Å²) in [6, 6.07) is 31.7. The zero-order valence-electron chi connectivity index (χ0n) is 64.4. The highest BCUT2D eigenvalue weighted by molar-refractivity contribution is 5.79. The van der Waals surface area contributed by atoms with E-state index >= 15 is 0 Å². The standard InChI is InChI=1S/C18H21NO.C16H29NO.C16H32O2.C11H22O5.C11H14O2.C10H21NO/c1-15(2)18(20)19(13-16-9-5-3-6-10-16)14-17-11-7-4-8-12-17;1-13(2)16(18)17(14-9-5-3-6-10-14)15-11-7-4-8-12-15;1-4-5-6-7-8-9-10-11-12-13-14-18-16(17)15(2)3;1-10(2)11(12)16-9-8-15-7-6-14-5-4-13-3;1-9(2)11(12)13-8-10-6-4-3-5-7-10;1-7(2)10(12)11(8(3)4)9(5)6/h3-12,15H,13-14H2,1-2H3;13-15H,3-12H2,1-2H3;15H,4-14H2,1-3H3;10H,4-9H2,1-3H3;3-7,9H,8H2,1-2H3;7-9H,1-6H3. The third-order valence-electron chi connectivity index (χ3n) is 16.4. The van der Waals surface area contributed by atoms with Crippen molar-refractivity contribution in [2.45, 2.75) is 290 Å². The van der Waals surface area contributed by atoms with Gasteiger partial charge in [0.05, 0.1) is 57.4 Å². The quantitative estimate of drug-likeness (QED) is 0.0307. The van der Waals surface area contributed by atoms with Crippen LogP contribution in [0, 0.1) is 35.5 Å². The third-order valence-corrected chi connectivity index (χ3v) is 16.4. The summed E-state index contributed by atoms with van der Waals surface area (Å²) < 4.78 is 30.3. The fraction of sp³-hybridized carbons (Fsp3) is 0.707. The first-order chi connectivity index (χ1) is 46.3. The van der Waals surface area contributed by atoms with Crippen molar-refractivity contribution < 1.29 is 57.2 Å². The Morgan fingerprint density at radius 2 is 0.711 bits per heavy atom. The Balaban J connectivity index is 0.00000115. The molecule has 0 saturated heterocycles. The van der Waals surface area contributed by atoms with Gasteiger partial charge in [0.1, 0.15) is 13.2 Å². The summed E-state index contributed by atoms with van der Waals surface area (Å²) >= 11 is 0. The topological polar surface area (TPSA) is 168 Å². The molecule has 0 spiro atoms. The van der Waals surface area contributed by atoms with Crippen LogP contribution >= 0.6 is 0 Å². The molecule has 0 atom stereocenters. The molecule has 0 bridgehead atoms. The van der Waals surface area contributed by atoms with E-state index in [1.165, 1.54) is 122 Å². The molecule has 2 saturated carbocycles. The number of benzene rings is 3. The van der Waals surface area contributed by atoms with E-state index in [-0.39, 0.29) is 65.2 Å². The number of hydrogen-bond donors (Lipinski definition) is 0. The minimum atomic E-state index is -0.194. The SMILES string of the molecule is CC(C)C(=O)N(C(C)C)C(C)C.CC(C)C(=O)N(C1CCCCC1)C1CCCCC1.CC(C)C(=O)N(Cc1ccccc1)Cc1ccccc1.CC(C)C(=O)OCc1ccccc1.CCCCCCCCCCCCOC(=O)C(C)C.COCCOCCOCCOC(=O)C(C)C. The number of rotatable bonds is 36. The Morgan fingerprint density at radius 3 is 1.06 bits per heavy atom. The summed E-state index contributed by atoms with van der Waals surface area (Å²) in [5.41, 5.74) is 3.35. The van der Waals surface area contributed by atoms with Crippen LogP contribution < -0.4 is 0 Å². The van der Waals surface area contributed by atoms with Crippen LogP contribution in [0.5, 0.6) is 0 Å². The number of carbonyl (C=O) groups is 6. The van der Waals surface area contributed by atoms with Crippen LogP contribution in [0.25, 0.3) is 0 Å². The summed E-state index contributed by atoms with van der Waals surface area (Å²) in [4.78, 5) is 76.1. The van der Waals surface area contributed by atoms with Gasteiger partial charge in [0.2, 0.25) is 17.7 Å². The van der Waals surface area contributed by atoms with Gasteiger partial charge in [0, 0.05) is 62.1 Å². The second-order valence-corrected chi connectivity index (χ2v) is 28.2. The molecule has 2 aliphatic carbocycles. The summed E-state index contributed by atoms with van der Waals surface area (Å²) in [6.45, 7) is 38.6. The second-order valence-electron chi connectivity index (χ2n) is 28.2. The summed E-state index contributed by atoms with van der Waals surface area (Å²) in [5.74, 6) is 0.599. The van der Waals surface area contributed by atoms with Crippen molar-refractivity contribution >= 4 is 35.6 Å². The van der Waals surface area contributed by atoms with Crippen LogP contribution in [0.3, 0.4) is 0 Å². The maximum Gasteiger partial charge on any atom is 0.308 e. The third kappa shape index (κ3) is 46.4. The minimum Gasteiger partial charge on any atom is -0.465 e. The molecule has 2 aliphatic rings. The number of methoxy groups -OCH3 is 1. The highest BCUT2D eigenvalue weighted by Crippen LogP contribution is 2.31. The zero-order chi connectivity index (χ0) is 72.8. The largest absolute Gasteiger partial charge is 0.465 e. The van der Waals surface area contributed by atoms with Crippen molar-refractivity contribution in [3.05, 3.63) is 108 Å². The van der Waals surface area contributed by atoms with Crippen LogP contribution in [0.2, 0.25) is 0 Å². The van der Waals surface area contributed by atoms with Gasteiger partial charge in [-0.1, -0.05) is 277 Å². The van der Waals surface area contributed by atoms with Crippen molar-refractivity contribution in [3.63, 3.8) is 0 Å². The van der Waals surface area contributed by atoms with E-state index in [1.807, 2.05) is 132 Å². The molecule has 554 valence electrons. The van der Waals surface area contributed by atoms with Crippen molar-refractivity contribution in [3.8, 4) is 0 Å². The number of esters is 3. The molecule has 15 heteroatoms. The Kier molecular flexibility index (Phi) is 54.8. The first kappa shape index (κ1) is 91.4. The van der Waals surface area contributed by atoms with Gasteiger partial charge in [-0.3, -0.25) is 28.8 Å². The second kappa shape index (κ2) is 58.2. The Hall–Kier alpha value is -5.64. The molecule has 0 unspecified atom stereocenters. The van der Waals surface area contributed by atoms with Crippen LogP contribution in [-0.2, 0) is 76.9 Å². The molecule has 15 nitrogen and oxygen atoms in total. The molecule has 3 aromatic rings. The van der Waals surface area contributed by atoms with Gasteiger partial charge in [-0.05, 0) is 76.5 Å². The van der Waals surface area contributed by atoms with E-state index < -0.39 is 0 Å². The summed E-state index contributed by atoms with van der Waals surface area (Å²) in [7, 11) is 1.63. The fourth-order valence-corrected chi connectivity index (χ4v) is 10.9. The highest BCUT2D eigenvalue weighted by Gasteiger charge is 2.33. The average molecular weight is 1360 g/mol. The maximum atomic E-state index is 12.6. The van der Waals surface area contributed by atoms with E-state index in [0.29, 0.717) is 96.0 Å². The molecular weight excluding hydrogens is 1220 g/mol. The van der Waals surface area contributed by atoms with E-state index in [2.05, 4.69) is 77.6 Å². The molecule has 97 heavy (non-hydrogen) atoms. The number of amides is 3. The van der Waals surface area contributed by atoms with Crippen molar-refractivity contribution in [2.24, 2.45) is 35.5 Å². The lowest BCUT2D eigenvalue weighted by Crippen LogP contribution is -2.50. The van der Waals surface area contributed by atoms with E-state index in [9.17, 15) is 28.8 Å². The number of carbonyl (C=O) groups excluding carboxylic acids is 6. The predicted octanol–water partition coefficient (Wildman–Crippen LogP) is 18.7. The zero-order valence-corrected chi connectivity index (χ0v) is 64.4. The number of hydrogen-bond acceptors (Lipinski definition) is 12. The number of nitrogens with zero attached hydrogens (tertiary/aromatic N) is 3. The van der Waals surface area contributed by atoms with Crippen molar-refractivity contribution in [1.82, 2.24) is 14.7 Å². The normalized spacial score (nSPS) is 13.1. The van der Waals surface area contributed by atoms with E-state index in [0.717, 1.165) is 23.1 Å². The predicted molar refractivity (Wildman–Crippen MR) is 397 cm³/mol. The highest BCUT2D eigenvalue weighted by atomic mass is 16.6. The molecule has 0 heterocycles.